The quantitative estimate of drug-likeness (QED) is 0.524. The zero-order chi connectivity index (χ0) is 18.7. The zero-order valence-electron chi connectivity index (χ0n) is 14.0. The number of halogens is 2. The van der Waals surface area contributed by atoms with Crippen LogP contribution in [-0.4, -0.2) is 38.7 Å². The molecule has 0 aromatic heterocycles. The summed E-state index contributed by atoms with van der Waals surface area (Å²) in [5, 5.41) is 5.22. The number of carbonyl (C=O) groups excluding carboxylic acids is 2. The summed E-state index contributed by atoms with van der Waals surface area (Å²) in [5.41, 5.74) is 5.75. The van der Waals surface area contributed by atoms with Gasteiger partial charge in [0.2, 0.25) is 5.91 Å². The molecule has 1 rings (SSSR count). The van der Waals surface area contributed by atoms with E-state index in [0.717, 1.165) is 5.56 Å². The molecule has 0 atom stereocenters. The molecule has 0 bridgehead atoms. The Kier molecular flexibility index (Phi) is 9.05. The highest BCUT2D eigenvalue weighted by Crippen LogP contribution is 2.29. The van der Waals surface area contributed by atoms with E-state index in [1.165, 1.54) is 13.2 Å². The van der Waals surface area contributed by atoms with E-state index >= 15 is 0 Å². The molecule has 25 heavy (non-hydrogen) atoms. The standard InChI is InChI=1S/C16H23F2N3O4/c1-24-13-10-11(5-6-12(13)25-15(17)18)7-9-20-14(22)4-2-3-8-21-16(19)23/h5-6,10,15H,2-4,7-9H2,1H3,(H,20,22)(H3,19,21,23). The second-order valence-electron chi connectivity index (χ2n) is 5.21. The summed E-state index contributed by atoms with van der Waals surface area (Å²) in [6.45, 7) is -2.07. The average Bonchev–Trinajstić information content (AvgIpc) is 2.55. The fourth-order valence-corrected chi connectivity index (χ4v) is 2.12. The Morgan fingerprint density at radius 1 is 1.16 bits per heavy atom. The lowest BCUT2D eigenvalue weighted by Gasteiger charge is -2.11. The van der Waals surface area contributed by atoms with Crippen molar-refractivity contribution in [3.8, 4) is 11.5 Å². The fraction of sp³-hybridized carbons (Fsp3) is 0.500. The maximum absolute atomic E-state index is 12.3. The number of ether oxygens (including phenoxy) is 2. The summed E-state index contributed by atoms with van der Waals surface area (Å²) in [6, 6.07) is 4.07. The van der Waals surface area contributed by atoms with Gasteiger partial charge in [-0.1, -0.05) is 6.07 Å². The maximum Gasteiger partial charge on any atom is 0.387 e. The van der Waals surface area contributed by atoms with Crippen molar-refractivity contribution < 1.29 is 27.8 Å². The number of nitrogens with one attached hydrogen (secondary N) is 2. The molecular weight excluding hydrogens is 336 g/mol. The van der Waals surface area contributed by atoms with Gasteiger partial charge in [-0.15, -0.1) is 0 Å². The Hall–Kier alpha value is -2.58. The van der Waals surface area contributed by atoms with Gasteiger partial charge < -0.3 is 25.8 Å². The van der Waals surface area contributed by atoms with Gasteiger partial charge in [0.05, 0.1) is 7.11 Å². The van der Waals surface area contributed by atoms with Crippen molar-refractivity contribution in [3.63, 3.8) is 0 Å². The number of carbonyl (C=O) groups is 2. The lowest BCUT2D eigenvalue weighted by atomic mass is 10.1. The van der Waals surface area contributed by atoms with Crippen molar-refractivity contribution in [3.05, 3.63) is 23.8 Å². The van der Waals surface area contributed by atoms with Crippen molar-refractivity contribution in [2.24, 2.45) is 5.73 Å². The monoisotopic (exact) mass is 359 g/mol. The molecule has 0 heterocycles. The number of hydrogen-bond acceptors (Lipinski definition) is 4. The van der Waals surface area contributed by atoms with Crippen LogP contribution in [0.1, 0.15) is 24.8 Å². The molecule has 0 fully saturated rings. The van der Waals surface area contributed by atoms with Crippen LogP contribution < -0.4 is 25.8 Å². The third kappa shape index (κ3) is 8.73. The minimum absolute atomic E-state index is 0.0325. The summed E-state index contributed by atoms with van der Waals surface area (Å²) in [6.07, 6.45) is 2.18. The molecule has 7 nitrogen and oxygen atoms in total. The van der Waals surface area contributed by atoms with Crippen LogP contribution in [0.4, 0.5) is 13.6 Å². The van der Waals surface area contributed by atoms with Gasteiger partial charge in [-0.05, 0) is 37.0 Å². The summed E-state index contributed by atoms with van der Waals surface area (Å²) < 4.78 is 33.9. The Labute approximate surface area is 144 Å². The molecule has 0 spiro atoms. The molecule has 0 unspecified atom stereocenters. The molecular formula is C16H23F2N3O4. The highest BCUT2D eigenvalue weighted by atomic mass is 19.3. The van der Waals surface area contributed by atoms with Crippen LogP contribution in [0.3, 0.4) is 0 Å². The van der Waals surface area contributed by atoms with E-state index in [1.807, 2.05) is 0 Å². The van der Waals surface area contributed by atoms with Crippen molar-refractivity contribution >= 4 is 11.9 Å². The van der Waals surface area contributed by atoms with Crippen molar-refractivity contribution in [1.82, 2.24) is 10.6 Å². The van der Waals surface area contributed by atoms with E-state index in [0.29, 0.717) is 38.8 Å². The van der Waals surface area contributed by atoms with Crippen molar-refractivity contribution in [1.29, 1.82) is 0 Å². The predicted molar refractivity (Wildman–Crippen MR) is 87.8 cm³/mol. The lowest BCUT2D eigenvalue weighted by Crippen LogP contribution is -2.30. The number of rotatable bonds is 11. The molecule has 0 aliphatic rings. The highest BCUT2D eigenvalue weighted by Gasteiger charge is 2.11. The second kappa shape index (κ2) is 11.1. The number of alkyl halides is 2. The molecule has 1 aromatic rings. The van der Waals surface area contributed by atoms with Crippen molar-refractivity contribution in [2.75, 3.05) is 20.2 Å². The van der Waals surface area contributed by atoms with E-state index in [2.05, 4.69) is 15.4 Å². The first-order chi connectivity index (χ1) is 11.9. The van der Waals surface area contributed by atoms with Gasteiger partial charge in [-0.25, -0.2) is 4.79 Å². The summed E-state index contributed by atoms with van der Waals surface area (Å²) in [7, 11) is 1.37. The first-order valence-electron chi connectivity index (χ1n) is 7.84. The van der Waals surface area contributed by atoms with Gasteiger partial charge in [0.15, 0.2) is 11.5 Å². The van der Waals surface area contributed by atoms with E-state index in [9.17, 15) is 18.4 Å². The van der Waals surface area contributed by atoms with Gasteiger partial charge in [-0.3, -0.25) is 4.79 Å². The van der Waals surface area contributed by atoms with E-state index in [4.69, 9.17) is 10.5 Å². The van der Waals surface area contributed by atoms with Gasteiger partial charge in [0.1, 0.15) is 0 Å². The smallest absolute Gasteiger partial charge is 0.387 e. The van der Waals surface area contributed by atoms with Crippen LogP contribution in [0, 0.1) is 0 Å². The molecule has 140 valence electrons. The van der Waals surface area contributed by atoms with Gasteiger partial charge in [-0.2, -0.15) is 8.78 Å². The third-order valence-electron chi connectivity index (χ3n) is 3.31. The molecule has 4 N–H and O–H groups in total. The van der Waals surface area contributed by atoms with Crippen LogP contribution in [-0.2, 0) is 11.2 Å². The predicted octanol–water partition coefficient (Wildman–Crippen LogP) is 1.79. The minimum Gasteiger partial charge on any atom is -0.493 e. The topological polar surface area (TPSA) is 103 Å². The second-order valence-corrected chi connectivity index (χ2v) is 5.21. The highest BCUT2D eigenvalue weighted by molar-refractivity contribution is 5.75. The van der Waals surface area contributed by atoms with Crippen LogP contribution in [0.2, 0.25) is 0 Å². The van der Waals surface area contributed by atoms with Gasteiger partial charge >= 0.3 is 12.6 Å². The first kappa shape index (κ1) is 20.5. The summed E-state index contributed by atoms with van der Waals surface area (Å²) in [5.74, 6) is 0.0876. The number of amides is 3. The number of urea groups is 1. The number of hydrogen-bond donors (Lipinski definition) is 3. The molecule has 0 saturated heterocycles. The van der Waals surface area contributed by atoms with Crippen LogP contribution in [0.15, 0.2) is 18.2 Å². The molecule has 1 aromatic carbocycles. The van der Waals surface area contributed by atoms with Crippen LogP contribution in [0.25, 0.3) is 0 Å². The Morgan fingerprint density at radius 3 is 2.56 bits per heavy atom. The van der Waals surface area contributed by atoms with Gasteiger partial charge in [0.25, 0.3) is 0 Å². The fourth-order valence-electron chi connectivity index (χ4n) is 2.12. The molecule has 3 amide bonds. The van der Waals surface area contributed by atoms with Crippen LogP contribution >= 0.6 is 0 Å². The number of primary amides is 1. The SMILES string of the molecule is COc1cc(CCNC(=O)CCCCNC(N)=O)ccc1OC(F)F. The first-order valence-corrected chi connectivity index (χ1v) is 7.84. The van der Waals surface area contributed by atoms with Crippen molar-refractivity contribution in [2.45, 2.75) is 32.3 Å². The maximum atomic E-state index is 12.3. The Bertz CT molecular complexity index is 570. The third-order valence-corrected chi connectivity index (χ3v) is 3.31. The van der Waals surface area contributed by atoms with E-state index in [1.54, 1.807) is 12.1 Å². The minimum atomic E-state index is -2.92. The van der Waals surface area contributed by atoms with E-state index in [-0.39, 0.29) is 17.4 Å². The normalized spacial score (nSPS) is 10.4. The number of unbranched alkanes of at least 4 members (excludes halogenated alkanes) is 1. The summed E-state index contributed by atoms with van der Waals surface area (Å²) in [4.78, 5) is 22.1. The molecule has 9 heteroatoms. The molecule has 0 aliphatic carbocycles. The van der Waals surface area contributed by atoms with Crippen LogP contribution in [0.5, 0.6) is 11.5 Å². The van der Waals surface area contributed by atoms with E-state index < -0.39 is 12.6 Å². The largest absolute Gasteiger partial charge is 0.493 e. The number of methoxy groups -OCH3 is 1. The zero-order valence-corrected chi connectivity index (χ0v) is 14.0. The summed E-state index contributed by atoms with van der Waals surface area (Å²) >= 11 is 0. The number of nitrogens with two attached hydrogens (primary N) is 1. The molecule has 0 aliphatic heterocycles. The Morgan fingerprint density at radius 2 is 1.92 bits per heavy atom. The molecule has 0 saturated carbocycles. The molecule has 0 radical (unpaired) electrons. The van der Waals surface area contributed by atoms with Gasteiger partial charge in [0, 0.05) is 19.5 Å². The lowest BCUT2D eigenvalue weighted by molar-refractivity contribution is -0.121. The number of benzene rings is 1. The Balaban J connectivity index is 2.31. The average molecular weight is 359 g/mol.